The van der Waals surface area contributed by atoms with Gasteiger partial charge in [-0.2, -0.15) is 0 Å². The maximum atomic E-state index is 10.7. The summed E-state index contributed by atoms with van der Waals surface area (Å²) >= 11 is 1.77. The fourth-order valence-electron chi connectivity index (χ4n) is 2.30. The van der Waals surface area contributed by atoms with Crippen molar-refractivity contribution >= 4 is 23.2 Å². The molecule has 1 aromatic carbocycles. The van der Waals surface area contributed by atoms with Crippen LogP contribution in [-0.2, 0) is 17.8 Å². The van der Waals surface area contributed by atoms with Gasteiger partial charge in [0.2, 0.25) is 0 Å². The average Bonchev–Trinajstić information content (AvgIpc) is 3.04. The van der Waals surface area contributed by atoms with Gasteiger partial charge in [-0.1, -0.05) is 12.1 Å². The van der Waals surface area contributed by atoms with Crippen molar-refractivity contribution in [1.82, 2.24) is 10.6 Å². The van der Waals surface area contributed by atoms with Gasteiger partial charge < -0.3 is 21.1 Å². The third-order valence-electron chi connectivity index (χ3n) is 3.54. The molecule has 1 aromatic heterocycles. The topological polar surface area (TPSA) is 88.7 Å². The molecule has 0 aliphatic carbocycles. The van der Waals surface area contributed by atoms with Crippen molar-refractivity contribution in [3.05, 3.63) is 51.7 Å². The van der Waals surface area contributed by atoms with E-state index in [9.17, 15) is 4.79 Å². The van der Waals surface area contributed by atoms with E-state index in [0.717, 1.165) is 25.5 Å². The van der Waals surface area contributed by atoms with Gasteiger partial charge in [0.15, 0.2) is 12.6 Å². The van der Waals surface area contributed by atoms with Crippen molar-refractivity contribution in [2.75, 3.05) is 19.7 Å². The molecule has 0 bridgehead atoms. The summed E-state index contributed by atoms with van der Waals surface area (Å²) in [6.07, 6.45) is 0.860. The number of primary amides is 1. The van der Waals surface area contributed by atoms with Gasteiger partial charge in [0, 0.05) is 22.8 Å². The Morgan fingerprint density at radius 3 is 2.58 bits per heavy atom. The number of guanidine groups is 1. The van der Waals surface area contributed by atoms with Gasteiger partial charge in [-0.15, -0.1) is 11.3 Å². The highest BCUT2D eigenvalue weighted by molar-refractivity contribution is 7.11. The Bertz CT molecular complexity index is 725. The molecule has 2 rings (SSSR count). The summed E-state index contributed by atoms with van der Waals surface area (Å²) in [5, 5.41) is 6.61. The smallest absolute Gasteiger partial charge is 0.255 e. The molecule has 0 aliphatic rings. The molecular weight excluding hydrogens is 348 g/mol. The first-order valence-electron chi connectivity index (χ1n) is 8.64. The normalized spacial score (nSPS) is 11.2. The summed E-state index contributed by atoms with van der Waals surface area (Å²) in [6.45, 7) is 6.33. The molecular formula is C19H26N4O2S. The molecule has 26 heavy (non-hydrogen) atoms. The van der Waals surface area contributed by atoms with Crippen molar-refractivity contribution < 1.29 is 9.53 Å². The number of aliphatic imine (C=N–C) groups is 1. The predicted molar refractivity (Wildman–Crippen MR) is 107 cm³/mol. The molecule has 2 aromatic rings. The van der Waals surface area contributed by atoms with E-state index in [2.05, 4.69) is 41.6 Å². The van der Waals surface area contributed by atoms with E-state index in [-0.39, 0.29) is 6.61 Å². The van der Waals surface area contributed by atoms with Crippen molar-refractivity contribution in [3.8, 4) is 5.75 Å². The second-order valence-electron chi connectivity index (χ2n) is 5.78. The van der Waals surface area contributed by atoms with Crippen LogP contribution in [0, 0.1) is 6.92 Å². The van der Waals surface area contributed by atoms with Crippen molar-refractivity contribution in [2.45, 2.75) is 26.8 Å². The van der Waals surface area contributed by atoms with E-state index in [1.54, 1.807) is 11.3 Å². The lowest BCUT2D eigenvalue weighted by atomic mass is 10.1. The molecule has 0 fully saturated rings. The van der Waals surface area contributed by atoms with E-state index in [4.69, 9.17) is 10.5 Å². The van der Waals surface area contributed by atoms with Crippen LogP contribution < -0.4 is 21.1 Å². The second kappa shape index (κ2) is 10.5. The van der Waals surface area contributed by atoms with E-state index >= 15 is 0 Å². The molecule has 1 heterocycles. The summed E-state index contributed by atoms with van der Waals surface area (Å²) in [6, 6.07) is 11.9. The number of carbonyl (C=O) groups is 1. The van der Waals surface area contributed by atoms with Crippen molar-refractivity contribution in [1.29, 1.82) is 0 Å². The van der Waals surface area contributed by atoms with Crippen LogP contribution in [0.2, 0.25) is 0 Å². The molecule has 0 spiro atoms. The molecule has 140 valence electrons. The first kappa shape index (κ1) is 19.8. The van der Waals surface area contributed by atoms with Crippen LogP contribution in [0.4, 0.5) is 0 Å². The number of hydrogen-bond donors (Lipinski definition) is 3. The lowest BCUT2D eigenvalue weighted by molar-refractivity contribution is -0.119. The summed E-state index contributed by atoms with van der Waals surface area (Å²) in [5.74, 6) is 0.979. The quantitative estimate of drug-likeness (QED) is 0.464. The average molecular weight is 375 g/mol. The maximum absolute atomic E-state index is 10.7. The number of aryl methyl sites for hydroxylation is 1. The fourth-order valence-corrected chi connectivity index (χ4v) is 3.12. The highest BCUT2D eigenvalue weighted by atomic mass is 32.1. The Morgan fingerprint density at radius 2 is 1.96 bits per heavy atom. The number of ether oxygens (including phenoxy) is 1. The van der Waals surface area contributed by atoms with E-state index in [1.165, 1.54) is 15.3 Å². The minimum absolute atomic E-state index is 0.104. The Kier molecular flexibility index (Phi) is 7.95. The van der Waals surface area contributed by atoms with Gasteiger partial charge in [-0.05, 0) is 50.1 Å². The summed E-state index contributed by atoms with van der Waals surface area (Å²) in [5.41, 5.74) is 6.24. The molecule has 4 N–H and O–H groups in total. The Labute approximate surface area is 158 Å². The molecule has 0 unspecified atom stereocenters. The highest BCUT2D eigenvalue weighted by Gasteiger charge is 2.01. The lowest BCUT2D eigenvalue weighted by Crippen LogP contribution is -2.38. The van der Waals surface area contributed by atoms with Crippen molar-refractivity contribution in [2.24, 2.45) is 10.7 Å². The zero-order valence-corrected chi connectivity index (χ0v) is 16.1. The highest BCUT2D eigenvalue weighted by Crippen LogP contribution is 2.15. The van der Waals surface area contributed by atoms with Gasteiger partial charge in [-0.3, -0.25) is 4.79 Å². The minimum Gasteiger partial charge on any atom is -0.484 e. The zero-order chi connectivity index (χ0) is 18.8. The van der Waals surface area contributed by atoms with Crippen LogP contribution in [0.25, 0.3) is 0 Å². The largest absolute Gasteiger partial charge is 0.484 e. The molecule has 1 amide bonds. The SMILES string of the molecule is CCNC(=NCc1ccc(C)s1)NCCc1ccc(OCC(N)=O)cc1. The van der Waals surface area contributed by atoms with E-state index in [1.807, 2.05) is 24.3 Å². The lowest BCUT2D eigenvalue weighted by Gasteiger charge is -2.11. The zero-order valence-electron chi connectivity index (χ0n) is 15.2. The van der Waals surface area contributed by atoms with Gasteiger partial charge in [0.25, 0.3) is 5.91 Å². The number of rotatable bonds is 9. The van der Waals surface area contributed by atoms with Gasteiger partial charge in [0.1, 0.15) is 5.75 Å². The first-order chi connectivity index (χ1) is 12.6. The summed E-state index contributed by atoms with van der Waals surface area (Å²) in [4.78, 5) is 17.9. The van der Waals surface area contributed by atoms with Crippen LogP contribution in [0.5, 0.6) is 5.75 Å². The number of thiophene rings is 1. The van der Waals surface area contributed by atoms with Crippen LogP contribution >= 0.6 is 11.3 Å². The third-order valence-corrected chi connectivity index (χ3v) is 4.53. The standard InChI is InChI=1S/C19H26N4O2S/c1-3-21-19(23-12-17-9-4-14(2)26-17)22-11-10-15-5-7-16(8-6-15)25-13-18(20)24/h4-9H,3,10-13H2,1-2H3,(H2,20,24)(H2,21,22,23). The predicted octanol–water partition coefficient (Wildman–Crippen LogP) is 2.22. The Morgan fingerprint density at radius 1 is 1.19 bits per heavy atom. The number of nitrogens with one attached hydrogen (secondary N) is 2. The molecule has 6 nitrogen and oxygen atoms in total. The van der Waals surface area contributed by atoms with Crippen LogP contribution in [0.15, 0.2) is 41.4 Å². The summed E-state index contributed by atoms with van der Waals surface area (Å²) < 4.78 is 5.25. The summed E-state index contributed by atoms with van der Waals surface area (Å²) in [7, 11) is 0. The minimum atomic E-state index is -0.480. The monoisotopic (exact) mass is 374 g/mol. The number of nitrogens with two attached hydrogens (primary N) is 1. The number of carbonyl (C=O) groups excluding carboxylic acids is 1. The Balaban J connectivity index is 1.80. The van der Waals surface area contributed by atoms with E-state index < -0.39 is 5.91 Å². The maximum Gasteiger partial charge on any atom is 0.255 e. The molecule has 7 heteroatoms. The molecule has 0 atom stereocenters. The molecule has 0 saturated carbocycles. The number of nitrogens with zero attached hydrogens (tertiary/aromatic N) is 1. The van der Waals surface area contributed by atoms with Crippen LogP contribution in [0.3, 0.4) is 0 Å². The molecule has 0 radical (unpaired) electrons. The third kappa shape index (κ3) is 7.14. The number of benzene rings is 1. The van der Waals surface area contributed by atoms with Crippen LogP contribution in [-0.4, -0.2) is 31.6 Å². The van der Waals surface area contributed by atoms with Gasteiger partial charge in [-0.25, -0.2) is 4.99 Å². The van der Waals surface area contributed by atoms with Gasteiger partial charge >= 0.3 is 0 Å². The van der Waals surface area contributed by atoms with Crippen LogP contribution in [0.1, 0.15) is 22.2 Å². The second-order valence-corrected chi connectivity index (χ2v) is 7.16. The van der Waals surface area contributed by atoms with Gasteiger partial charge in [0.05, 0.1) is 6.54 Å². The Hall–Kier alpha value is -2.54. The molecule has 0 aliphatic heterocycles. The first-order valence-corrected chi connectivity index (χ1v) is 9.46. The molecule has 0 saturated heterocycles. The number of amides is 1. The fraction of sp³-hybridized carbons (Fsp3) is 0.368. The number of hydrogen-bond acceptors (Lipinski definition) is 4. The van der Waals surface area contributed by atoms with Crippen molar-refractivity contribution in [3.63, 3.8) is 0 Å². The van der Waals surface area contributed by atoms with E-state index in [0.29, 0.717) is 12.3 Å².